The Kier molecular flexibility index (Phi) is 2.08. The highest BCUT2D eigenvalue weighted by atomic mass is 16.7. The first-order valence-corrected chi connectivity index (χ1v) is 4.21. The van der Waals surface area contributed by atoms with E-state index in [1.165, 1.54) is 0 Å². The summed E-state index contributed by atoms with van der Waals surface area (Å²) in [5, 5.41) is 9.05. The van der Waals surface area contributed by atoms with E-state index in [1.54, 1.807) is 0 Å². The van der Waals surface area contributed by atoms with E-state index < -0.39 is 5.60 Å². The second-order valence-corrected chi connectivity index (χ2v) is 3.66. The van der Waals surface area contributed by atoms with Gasteiger partial charge in [-0.05, 0) is 6.92 Å². The van der Waals surface area contributed by atoms with E-state index >= 15 is 0 Å². The smallest absolute Gasteiger partial charge is 0.147 e. The van der Waals surface area contributed by atoms with Crippen LogP contribution in [-0.2, 0) is 14.2 Å². The first-order chi connectivity index (χ1) is 5.73. The summed E-state index contributed by atoms with van der Waals surface area (Å²) in [6, 6.07) is 0. The predicted molar refractivity (Wildman–Crippen MR) is 40.7 cm³/mol. The van der Waals surface area contributed by atoms with Crippen molar-refractivity contribution in [2.75, 3.05) is 20.0 Å². The first-order valence-electron chi connectivity index (χ1n) is 4.21. The van der Waals surface area contributed by atoms with Crippen LogP contribution in [0.15, 0.2) is 0 Å². The van der Waals surface area contributed by atoms with E-state index in [4.69, 9.17) is 19.3 Å². The molecule has 0 spiro atoms. The molecule has 0 aromatic rings. The van der Waals surface area contributed by atoms with Crippen LogP contribution in [-0.4, -0.2) is 42.9 Å². The van der Waals surface area contributed by atoms with Crippen molar-refractivity contribution in [2.45, 2.75) is 31.2 Å². The minimum atomic E-state index is -0.428. The van der Waals surface area contributed by atoms with Gasteiger partial charge >= 0.3 is 0 Å². The molecule has 3 unspecified atom stereocenters. The predicted octanol–water partition coefficient (Wildman–Crippen LogP) is -0.101. The fourth-order valence-electron chi connectivity index (χ4n) is 1.76. The molecule has 3 atom stereocenters. The number of fused-ring (bicyclic) bond motifs is 1. The molecular weight excluding hydrogens is 160 g/mol. The molecule has 1 N–H and O–H groups in total. The first kappa shape index (κ1) is 8.44. The fraction of sp³-hybridized carbons (Fsp3) is 1.00. The molecule has 2 aliphatic rings. The number of hydrogen-bond donors (Lipinski definition) is 1. The van der Waals surface area contributed by atoms with Crippen LogP contribution < -0.4 is 0 Å². The molecule has 0 aromatic heterocycles. The third kappa shape index (κ3) is 1.35. The standard InChI is InChI=1S/C8H14O4/c1-8(4-9)2-6-7(12-8)3-10-5-11-6/h6-7,9H,2-5H2,1H3. The molecule has 2 saturated heterocycles. The van der Waals surface area contributed by atoms with Crippen LogP contribution in [0.1, 0.15) is 13.3 Å². The molecule has 0 aliphatic carbocycles. The van der Waals surface area contributed by atoms with Gasteiger partial charge in [0.1, 0.15) is 12.9 Å². The minimum Gasteiger partial charge on any atom is -0.393 e. The van der Waals surface area contributed by atoms with Gasteiger partial charge in [0.05, 0.1) is 24.9 Å². The van der Waals surface area contributed by atoms with Gasteiger partial charge in [-0.15, -0.1) is 0 Å². The quantitative estimate of drug-likeness (QED) is 0.603. The van der Waals surface area contributed by atoms with Crippen molar-refractivity contribution in [3.8, 4) is 0 Å². The van der Waals surface area contributed by atoms with Gasteiger partial charge in [0.15, 0.2) is 0 Å². The largest absolute Gasteiger partial charge is 0.393 e. The normalized spacial score (nSPS) is 47.5. The highest BCUT2D eigenvalue weighted by Crippen LogP contribution is 2.33. The van der Waals surface area contributed by atoms with Gasteiger partial charge in [-0.3, -0.25) is 0 Å². The number of aliphatic hydroxyl groups is 1. The Bertz CT molecular complexity index is 156. The molecule has 4 nitrogen and oxygen atoms in total. The van der Waals surface area contributed by atoms with Gasteiger partial charge in [-0.2, -0.15) is 0 Å². The maximum atomic E-state index is 9.05. The molecule has 70 valence electrons. The van der Waals surface area contributed by atoms with Crippen molar-refractivity contribution in [3.05, 3.63) is 0 Å². The Labute approximate surface area is 71.4 Å². The van der Waals surface area contributed by atoms with Crippen LogP contribution in [0.2, 0.25) is 0 Å². The van der Waals surface area contributed by atoms with Gasteiger partial charge in [0.2, 0.25) is 0 Å². The maximum absolute atomic E-state index is 9.05. The third-order valence-corrected chi connectivity index (χ3v) is 2.47. The average molecular weight is 174 g/mol. The van der Waals surface area contributed by atoms with Crippen LogP contribution in [0.5, 0.6) is 0 Å². The lowest BCUT2D eigenvalue weighted by molar-refractivity contribution is -0.186. The molecule has 4 heteroatoms. The molecule has 0 radical (unpaired) electrons. The van der Waals surface area contributed by atoms with Crippen LogP contribution in [0.4, 0.5) is 0 Å². The molecule has 12 heavy (non-hydrogen) atoms. The molecule has 0 amide bonds. The summed E-state index contributed by atoms with van der Waals surface area (Å²) in [7, 11) is 0. The number of ether oxygens (including phenoxy) is 3. The van der Waals surface area contributed by atoms with E-state index in [0.29, 0.717) is 13.4 Å². The van der Waals surface area contributed by atoms with Crippen LogP contribution in [0, 0.1) is 0 Å². The van der Waals surface area contributed by atoms with Crippen molar-refractivity contribution in [2.24, 2.45) is 0 Å². The van der Waals surface area contributed by atoms with E-state index in [1.807, 2.05) is 6.92 Å². The molecule has 2 heterocycles. The number of rotatable bonds is 1. The van der Waals surface area contributed by atoms with Crippen LogP contribution >= 0.6 is 0 Å². The molecular formula is C8H14O4. The minimum absolute atomic E-state index is 0.0101. The molecule has 0 bridgehead atoms. The zero-order chi connectivity index (χ0) is 8.60. The lowest BCUT2D eigenvalue weighted by Gasteiger charge is -2.24. The zero-order valence-corrected chi connectivity index (χ0v) is 7.16. The summed E-state index contributed by atoms with van der Waals surface area (Å²) in [5.74, 6) is 0. The Morgan fingerprint density at radius 1 is 1.50 bits per heavy atom. The Morgan fingerprint density at radius 3 is 3.00 bits per heavy atom. The SMILES string of the molecule is CC1(CO)CC2OCOCC2O1. The van der Waals surface area contributed by atoms with E-state index in [0.717, 1.165) is 6.42 Å². The number of aliphatic hydroxyl groups excluding tert-OH is 1. The van der Waals surface area contributed by atoms with Gasteiger partial charge in [-0.1, -0.05) is 0 Å². The van der Waals surface area contributed by atoms with Crippen LogP contribution in [0.3, 0.4) is 0 Å². The fourth-order valence-corrected chi connectivity index (χ4v) is 1.76. The lowest BCUT2D eigenvalue weighted by Crippen LogP contribution is -2.35. The van der Waals surface area contributed by atoms with E-state index in [2.05, 4.69) is 0 Å². The summed E-state index contributed by atoms with van der Waals surface area (Å²) in [6.07, 6.45) is 0.879. The number of hydrogen-bond acceptors (Lipinski definition) is 4. The van der Waals surface area contributed by atoms with Crippen LogP contribution in [0.25, 0.3) is 0 Å². The van der Waals surface area contributed by atoms with Crippen molar-refractivity contribution in [1.29, 1.82) is 0 Å². The van der Waals surface area contributed by atoms with Gasteiger partial charge < -0.3 is 19.3 Å². The van der Waals surface area contributed by atoms with Crippen molar-refractivity contribution in [3.63, 3.8) is 0 Å². The summed E-state index contributed by atoms with van der Waals surface area (Å²) in [5.41, 5.74) is -0.428. The summed E-state index contributed by atoms with van der Waals surface area (Å²) in [6.45, 7) is 2.88. The monoisotopic (exact) mass is 174 g/mol. The average Bonchev–Trinajstić information content (AvgIpc) is 2.42. The molecule has 2 aliphatic heterocycles. The van der Waals surface area contributed by atoms with E-state index in [9.17, 15) is 0 Å². The van der Waals surface area contributed by atoms with Crippen molar-refractivity contribution >= 4 is 0 Å². The lowest BCUT2D eigenvalue weighted by atomic mass is 10.0. The van der Waals surface area contributed by atoms with Gasteiger partial charge in [-0.25, -0.2) is 0 Å². The highest BCUT2D eigenvalue weighted by molar-refractivity contribution is 4.92. The van der Waals surface area contributed by atoms with Gasteiger partial charge in [0, 0.05) is 6.42 Å². The molecule has 2 fully saturated rings. The van der Waals surface area contributed by atoms with Crippen molar-refractivity contribution in [1.82, 2.24) is 0 Å². The second-order valence-electron chi connectivity index (χ2n) is 3.66. The topological polar surface area (TPSA) is 47.9 Å². The Morgan fingerprint density at radius 2 is 2.33 bits per heavy atom. The zero-order valence-electron chi connectivity index (χ0n) is 7.16. The molecule has 2 rings (SSSR count). The van der Waals surface area contributed by atoms with Crippen molar-refractivity contribution < 1.29 is 19.3 Å². The molecule has 0 aromatic carbocycles. The summed E-state index contributed by atoms with van der Waals surface area (Å²) in [4.78, 5) is 0. The van der Waals surface area contributed by atoms with Gasteiger partial charge in [0.25, 0.3) is 0 Å². The Balaban J connectivity index is 2.02. The summed E-state index contributed by atoms with van der Waals surface area (Å²) < 4.78 is 16.0. The highest BCUT2D eigenvalue weighted by Gasteiger charge is 2.45. The molecule has 0 saturated carbocycles. The second kappa shape index (κ2) is 2.96. The maximum Gasteiger partial charge on any atom is 0.147 e. The third-order valence-electron chi connectivity index (χ3n) is 2.47. The Hall–Kier alpha value is -0.160. The van der Waals surface area contributed by atoms with E-state index in [-0.39, 0.29) is 18.8 Å². The summed E-state index contributed by atoms with van der Waals surface area (Å²) >= 11 is 0.